The first kappa shape index (κ1) is 18.1. The maximum atomic E-state index is 13.8. The first-order chi connectivity index (χ1) is 12.5. The third kappa shape index (κ3) is 3.76. The maximum absolute atomic E-state index is 13.8. The van der Waals surface area contributed by atoms with Crippen molar-refractivity contribution in [3.05, 3.63) is 47.4 Å². The molecule has 0 fully saturated rings. The molecule has 0 atom stereocenters. The van der Waals surface area contributed by atoms with Crippen LogP contribution in [0.3, 0.4) is 0 Å². The number of anilines is 1. The fourth-order valence-corrected chi connectivity index (χ4v) is 3.14. The van der Waals surface area contributed by atoms with Gasteiger partial charge in [-0.25, -0.2) is 14.2 Å². The Kier molecular flexibility index (Phi) is 5.34. The second kappa shape index (κ2) is 7.67. The van der Waals surface area contributed by atoms with E-state index in [0.29, 0.717) is 22.0 Å². The molecule has 0 spiro atoms. The summed E-state index contributed by atoms with van der Waals surface area (Å²) in [5.41, 5.74) is 2.40. The Bertz CT molecular complexity index is 970. The molecular weight excluding hydrogens is 381 g/mol. The van der Waals surface area contributed by atoms with Crippen LogP contribution in [0.15, 0.2) is 35.8 Å². The molecular formula is C17H13ClFN3O3S. The van der Waals surface area contributed by atoms with Gasteiger partial charge in [-0.05, 0) is 24.3 Å². The monoisotopic (exact) mass is 393 g/mol. The number of H-pyrrole nitrogens is 1. The Morgan fingerprint density at radius 1 is 1.35 bits per heavy atom. The summed E-state index contributed by atoms with van der Waals surface area (Å²) in [7, 11) is 1.30. The third-order valence-corrected chi connectivity index (χ3v) is 4.63. The number of nitrogens with one attached hydrogen (secondary N) is 2. The van der Waals surface area contributed by atoms with Crippen molar-refractivity contribution in [2.75, 3.05) is 18.3 Å². The second-order valence-corrected chi connectivity index (χ2v) is 6.33. The quantitative estimate of drug-likeness (QED) is 0.508. The molecule has 0 saturated heterocycles. The Morgan fingerprint density at radius 3 is 2.88 bits per heavy atom. The number of carbonyl (C=O) groups excluding carboxylic acids is 2. The average molecular weight is 394 g/mol. The summed E-state index contributed by atoms with van der Waals surface area (Å²) in [5.74, 6) is -1.78. The largest absolute Gasteiger partial charge is 0.464 e. The van der Waals surface area contributed by atoms with Crippen LogP contribution in [0.1, 0.15) is 10.5 Å². The minimum absolute atomic E-state index is 0.0412. The molecule has 0 aliphatic heterocycles. The first-order valence-corrected chi connectivity index (χ1v) is 8.81. The summed E-state index contributed by atoms with van der Waals surface area (Å²) < 4.78 is 18.5. The van der Waals surface area contributed by atoms with Gasteiger partial charge in [-0.3, -0.25) is 4.79 Å². The number of benzene rings is 1. The minimum Gasteiger partial charge on any atom is -0.464 e. The number of carbonyl (C=O) groups is 2. The zero-order valence-electron chi connectivity index (χ0n) is 13.5. The van der Waals surface area contributed by atoms with Crippen LogP contribution in [0.5, 0.6) is 0 Å². The van der Waals surface area contributed by atoms with Gasteiger partial charge in [0.1, 0.15) is 22.4 Å². The standard InChI is InChI=1S/C17H13ClFN3O3S/c1-25-17(24)13-5-10(7-20-13)14-8-26-16(22-14)9-2-3-11(19)12(4-9)21-15(23)6-18/h2-5,7-8,20H,6H2,1H3,(H,21,23). The number of methoxy groups -OCH3 is 1. The van der Waals surface area contributed by atoms with Crippen LogP contribution in [-0.4, -0.2) is 34.8 Å². The number of ether oxygens (including phenoxy) is 1. The van der Waals surface area contributed by atoms with Gasteiger partial charge in [-0.15, -0.1) is 22.9 Å². The lowest BCUT2D eigenvalue weighted by Gasteiger charge is -2.06. The van der Waals surface area contributed by atoms with Crippen molar-refractivity contribution in [2.45, 2.75) is 0 Å². The number of esters is 1. The summed E-state index contributed by atoms with van der Waals surface area (Å²) >= 11 is 6.79. The molecule has 0 saturated carbocycles. The van der Waals surface area contributed by atoms with E-state index in [1.807, 2.05) is 5.38 Å². The molecule has 0 bridgehead atoms. The highest BCUT2D eigenvalue weighted by atomic mass is 35.5. The summed E-state index contributed by atoms with van der Waals surface area (Å²) in [6, 6.07) is 5.97. The van der Waals surface area contributed by atoms with Crippen molar-refractivity contribution >= 4 is 40.5 Å². The molecule has 2 heterocycles. The van der Waals surface area contributed by atoms with E-state index in [1.165, 1.54) is 30.6 Å². The zero-order valence-corrected chi connectivity index (χ0v) is 15.1. The Morgan fingerprint density at radius 2 is 2.15 bits per heavy atom. The number of alkyl halides is 1. The highest BCUT2D eigenvalue weighted by Gasteiger charge is 2.14. The maximum Gasteiger partial charge on any atom is 0.354 e. The molecule has 134 valence electrons. The van der Waals surface area contributed by atoms with Crippen molar-refractivity contribution in [3.63, 3.8) is 0 Å². The SMILES string of the molecule is COC(=O)c1cc(-c2csc(-c3ccc(F)c(NC(=O)CCl)c3)n2)c[nH]1. The molecule has 1 aromatic carbocycles. The third-order valence-electron chi connectivity index (χ3n) is 3.50. The average Bonchev–Trinajstić information content (AvgIpc) is 3.32. The van der Waals surface area contributed by atoms with Crippen LogP contribution in [0.2, 0.25) is 0 Å². The molecule has 3 aromatic rings. The normalized spacial score (nSPS) is 10.6. The van der Waals surface area contributed by atoms with E-state index in [1.54, 1.807) is 18.3 Å². The summed E-state index contributed by atoms with van der Waals surface area (Å²) in [4.78, 5) is 30.2. The molecule has 0 aliphatic rings. The molecule has 0 unspecified atom stereocenters. The molecule has 3 rings (SSSR count). The van der Waals surface area contributed by atoms with Gasteiger partial charge in [0.15, 0.2) is 0 Å². The molecule has 26 heavy (non-hydrogen) atoms. The first-order valence-electron chi connectivity index (χ1n) is 7.40. The Labute approximate surface area is 157 Å². The Balaban J connectivity index is 1.88. The molecule has 2 N–H and O–H groups in total. The number of hydrogen-bond donors (Lipinski definition) is 2. The number of aromatic amines is 1. The van der Waals surface area contributed by atoms with Gasteiger partial charge < -0.3 is 15.0 Å². The van der Waals surface area contributed by atoms with Crippen LogP contribution in [0.25, 0.3) is 21.8 Å². The van der Waals surface area contributed by atoms with Crippen LogP contribution in [-0.2, 0) is 9.53 Å². The van der Waals surface area contributed by atoms with E-state index in [0.717, 1.165) is 5.56 Å². The minimum atomic E-state index is -0.558. The van der Waals surface area contributed by atoms with Crippen LogP contribution in [0, 0.1) is 5.82 Å². The number of hydrogen-bond acceptors (Lipinski definition) is 5. The molecule has 0 radical (unpaired) electrons. The molecule has 2 aromatic heterocycles. The highest BCUT2D eigenvalue weighted by Crippen LogP contribution is 2.31. The number of aromatic nitrogens is 2. The van der Waals surface area contributed by atoms with E-state index in [-0.39, 0.29) is 11.6 Å². The van der Waals surface area contributed by atoms with Gasteiger partial charge >= 0.3 is 5.97 Å². The fraction of sp³-hybridized carbons (Fsp3) is 0.118. The van der Waals surface area contributed by atoms with E-state index in [9.17, 15) is 14.0 Å². The number of nitrogens with zero attached hydrogens (tertiary/aromatic N) is 1. The van der Waals surface area contributed by atoms with Crippen molar-refractivity contribution < 1.29 is 18.7 Å². The van der Waals surface area contributed by atoms with Crippen LogP contribution in [0.4, 0.5) is 10.1 Å². The van der Waals surface area contributed by atoms with Crippen molar-refractivity contribution in [1.29, 1.82) is 0 Å². The lowest BCUT2D eigenvalue weighted by atomic mass is 10.2. The molecule has 1 amide bonds. The zero-order chi connectivity index (χ0) is 18.7. The van der Waals surface area contributed by atoms with Gasteiger partial charge in [-0.2, -0.15) is 0 Å². The van der Waals surface area contributed by atoms with E-state index < -0.39 is 17.7 Å². The van der Waals surface area contributed by atoms with Gasteiger partial charge in [0.05, 0.1) is 18.5 Å². The number of amides is 1. The van der Waals surface area contributed by atoms with Crippen LogP contribution < -0.4 is 5.32 Å². The van der Waals surface area contributed by atoms with E-state index >= 15 is 0 Å². The number of rotatable bonds is 5. The van der Waals surface area contributed by atoms with Crippen molar-refractivity contribution in [2.24, 2.45) is 0 Å². The summed E-state index contributed by atoms with van der Waals surface area (Å²) in [6.07, 6.45) is 1.65. The van der Waals surface area contributed by atoms with Crippen molar-refractivity contribution in [1.82, 2.24) is 9.97 Å². The number of thiazole rings is 1. The van der Waals surface area contributed by atoms with Crippen molar-refractivity contribution in [3.8, 4) is 21.8 Å². The van der Waals surface area contributed by atoms with Gasteiger partial charge in [0, 0.05) is 22.7 Å². The van der Waals surface area contributed by atoms with Gasteiger partial charge in [0.2, 0.25) is 5.91 Å². The highest BCUT2D eigenvalue weighted by molar-refractivity contribution is 7.13. The predicted molar refractivity (Wildman–Crippen MR) is 98.0 cm³/mol. The lowest BCUT2D eigenvalue weighted by molar-refractivity contribution is -0.113. The Hall–Kier alpha value is -2.71. The molecule has 6 nitrogen and oxygen atoms in total. The smallest absolute Gasteiger partial charge is 0.354 e. The van der Waals surface area contributed by atoms with E-state index in [4.69, 9.17) is 11.6 Å². The predicted octanol–water partition coefficient (Wildman–Crippen LogP) is 3.91. The summed E-state index contributed by atoms with van der Waals surface area (Å²) in [6.45, 7) is 0. The molecule has 0 aliphatic carbocycles. The van der Waals surface area contributed by atoms with Gasteiger partial charge in [-0.1, -0.05) is 0 Å². The second-order valence-electron chi connectivity index (χ2n) is 5.21. The lowest BCUT2D eigenvalue weighted by Crippen LogP contribution is -2.13. The number of halogens is 2. The van der Waals surface area contributed by atoms with Crippen LogP contribution >= 0.6 is 22.9 Å². The summed E-state index contributed by atoms with van der Waals surface area (Å²) in [5, 5.41) is 4.87. The molecule has 9 heteroatoms. The van der Waals surface area contributed by atoms with Gasteiger partial charge in [0.25, 0.3) is 0 Å². The van der Waals surface area contributed by atoms with E-state index in [2.05, 4.69) is 20.0 Å². The topological polar surface area (TPSA) is 84.1 Å². The fourth-order valence-electron chi connectivity index (χ4n) is 2.25.